The number of hydrogen-bond donors (Lipinski definition) is 2. The molecule has 6 heteroatoms. The zero-order chi connectivity index (χ0) is 9.14. The van der Waals surface area contributed by atoms with E-state index in [1.54, 1.807) is 7.05 Å². The van der Waals surface area contributed by atoms with Gasteiger partial charge >= 0.3 is 5.69 Å². The van der Waals surface area contributed by atoms with Crippen LogP contribution in [0.3, 0.4) is 0 Å². The summed E-state index contributed by atoms with van der Waals surface area (Å²) in [5.41, 5.74) is -1.62. The summed E-state index contributed by atoms with van der Waals surface area (Å²) in [7, 11) is 1.61. The van der Waals surface area contributed by atoms with Crippen LogP contribution in [0.25, 0.3) is 0 Å². The zero-order valence-electron chi connectivity index (χ0n) is 6.43. The molecule has 66 valence electrons. The van der Waals surface area contributed by atoms with E-state index in [4.69, 9.17) is 0 Å². The van der Waals surface area contributed by atoms with Gasteiger partial charge in [0.15, 0.2) is 0 Å². The van der Waals surface area contributed by atoms with E-state index in [1.807, 2.05) is 4.98 Å². The van der Waals surface area contributed by atoms with E-state index in [1.165, 1.54) is 0 Å². The first-order valence-electron chi connectivity index (χ1n) is 3.29. The second-order valence-corrected chi connectivity index (χ2v) is 2.22. The average Bonchev–Trinajstić information content (AvgIpc) is 2.01. The molecule has 0 saturated carbocycles. The summed E-state index contributed by atoms with van der Waals surface area (Å²) in [6.45, 7) is 0.159. The van der Waals surface area contributed by atoms with Gasteiger partial charge in [-0.1, -0.05) is 0 Å². The van der Waals surface area contributed by atoms with Gasteiger partial charge in [0.05, 0.1) is 12.9 Å². The Morgan fingerprint density at radius 2 is 2.33 bits per heavy atom. The molecule has 0 amide bonds. The van der Waals surface area contributed by atoms with Crippen LogP contribution < -0.4 is 16.6 Å². The minimum Gasteiger partial charge on any atom is -0.303 e. The summed E-state index contributed by atoms with van der Waals surface area (Å²) in [6, 6.07) is 0. The topological polar surface area (TPSA) is 66.9 Å². The predicted octanol–water partition coefficient (Wildman–Crippen LogP) is -1.15. The molecule has 0 saturated heterocycles. The van der Waals surface area contributed by atoms with Crippen molar-refractivity contribution in [2.24, 2.45) is 0 Å². The molecule has 0 atom stereocenters. The number of nitrogens with zero attached hydrogens (tertiary/aromatic N) is 1. The molecule has 0 aliphatic carbocycles. The first kappa shape index (κ1) is 8.66. The van der Waals surface area contributed by atoms with Crippen LogP contribution in [0.2, 0.25) is 0 Å². The molecule has 0 aliphatic rings. The standard InChI is InChI=1S/C6H8FN3O2/c1-8-3-10-2-4(7)5(11)9-6(10)12/h2,8H,3H2,1H3,(H,9,11,12). The molecule has 0 radical (unpaired) electrons. The summed E-state index contributed by atoms with van der Waals surface area (Å²) in [6.07, 6.45) is 0.859. The van der Waals surface area contributed by atoms with Crippen LogP contribution in [0.15, 0.2) is 15.8 Å². The summed E-state index contributed by atoms with van der Waals surface area (Å²) in [5.74, 6) is -0.968. The lowest BCUT2D eigenvalue weighted by atomic mass is 10.6. The third-order valence-corrected chi connectivity index (χ3v) is 1.30. The van der Waals surface area contributed by atoms with Crippen LogP contribution in [0.4, 0.5) is 4.39 Å². The Kier molecular flexibility index (Phi) is 2.39. The van der Waals surface area contributed by atoms with Crippen molar-refractivity contribution in [2.45, 2.75) is 6.67 Å². The van der Waals surface area contributed by atoms with Crippen molar-refractivity contribution < 1.29 is 4.39 Å². The third-order valence-electron chi connectivity index (χ3n) is 1.30. The highest BCUT2D eigenvalue weighted by Crippen LogP contribution is 1.81. The highest BCUT2D eigenvalue weighted by atomic mass is 19.1. The maximum absolute atomic E-state index is 12.6. The number of rotatable bonds is 2. The van der Waals surface area contributed by atoms with Gasteiger partial charge in [-0.25, -0.2) is 4.79 Å². The predicted molar refractivity (Wildman–Crippen MR) is 40.3 cm³/mol. The highest BCUT2D eigenvalue weighted by Gasteiger charge is 2.01. The minimum absolute atomic E-state index is 0.159. The van der Waals surface area contributed by atoms with Gasteiger partial charge in [-0.3, -0.25) is 14.3 Å². The smallest absolute Gasteiger partial charge is 0.303 e. The van der Waals surface area contributed by atoms with Gasteiger partial charge < -0.3 is 5.32 Å². The van der Waals surface area contributed by atoms with Crippen molar-refractivity contribution in [3.63, 3.8) is 0 Å². The summed E-state index contributed by atoms with van der Waals surface area (Å²) in [5, 5.41) is 2.65. The van der Waals surface area contributed by atoms with Crippen LogP contribution in [0.5, 0.6) is 0 Å². The molecule has 0 unspecified atom stereocenters. The van der Waals surface area contributed by atoms with Crippen molar-refractivity contribution >= 4 is 0 Å². The van der Waals surface area contributed by atoms with Crippen molar-refractivity contribution in [3.05, 3.63) is 32.9 Å². The number of H-pyrrole nitrogens is 1. The third kappa shape index (κ3) is 1.59. The first-order chi connectivity index (χ1) is 5.65. The number of halogens is 1. The maximum atomic E-state index is 12.6. The molecular formula is C6H8FN3O2. The van der Waals surface area contributed by atoms with E-state index in [0.717, 1.165) is 10.8 Å². The molecule has 1 rings (SSSR count). The highest BCUT2D eigenvalue weighted by molar-refractivity contribution is 4.86. The van der Waals surface area contributed by atoms with Crippen molar-refractivity contribution in [2.75, 3.05) is 7.05 Å². The molecule has 1 aromatic heterocycles. The number of hydrogen-bond acceptors (Lipinski definition) is 3. The second-order valence-electron chi connectivity index (χ2n) is 2.22. The molecule has 1 heterocycles. The lowest BCUT2D eigenvalue weighted by Gasteiger charge is -2.01. The Morgan fingerprint density at radius 3 is 2.92 bits per heavy atom. The zero-order valence-corrected chi connectivity index (χ0v) is 6.43. The molecule has 2 N–H and O–H groups in total. The van der Waals surface area contributed by atoms with E-state index in [2.05, 4.69) is 5.32 Å². The Labute approximate surface area is 66.8 Å². The largest absolute Gasteiger partial charge is 0.329 e. The van der Waals surface area contributed by atoms with Crippen molar-refractivity contribution in [3.8, 4) is 0 Å². The van der Waals surface area contributed by atoms with Gasteiger partial charge in [0.2, 0.25) is 5.82 Å². The van der Waals surface area contributed by atoms with Crippen molar-refractivity contribution in [1.29, 1.82) is 0 Å². The Morgan fingerprint density at radius 1 is 1.67 bits per heavy atom. The maximum Gasteiger partial charge on any atom is 0.329 e. The quantitative estimate of drug-likeness (QED) is 0.593. The van der Waals surface area contributed by atoms with E-state index in [9.17, 15) is 14.0 Å². The molecular weight excluding hydrogens is 165 g/mol. The summed E-state index contributed by atoms with van der Waals surface area (Å²) >= 11 is 0. The number of nitrogens with one attached hydrogen (secondary N) is 2. The number of aromatic nitrogens is 2. The fourth-order valence-electron chi connectivity index (χ4n) is 0.770. The van der Waals surface area contributed by atoms with Gasteiger partial charge in [0.25, 0.3) is 5.56 Å². The molecule has 5 nitrogen and oxygen atoms in total. The molecule has 12 heavy (non-hydrogen) atoms. The number of aromatic amines is 1. The lowest BCUT2D eigenvalue weighted by molar-refractivity contribution is 0.526. The molecule has 0 aliphatic heterocycles. The first-order valence-corrected chi connectivity index (χ1v) is 3.29. The fraction of sp³-hybridized carbons (Fsp3) is 0.333. The average molecular weight is 173 g/mol. The second kappa shape index (κ2) is 3.31. The Bertz CT molecular complexity index is 381. The molecule has 0 bridgehead atoms. The van der Waals surface area contributed by atoms with E-state index in [-0.39, 0.29) is 6.67 Å². The van der Waals surface area contributed by atoms with Crippen LogP contribution in [0.1, 0.15) is 0 Å². The monoisotopic (exact) mass is 173 g/mol. The normalized spacial score (nSPS) is 10.2. The molecule has 0 spiro atoms. The van der Waals surface area contributed by atoms with Gasteiger partial charge in [0.1, 0.15) is 0 Å². The molecule has 0 fully saturated rings. The van der Waals surface area contributed by atoms with Crippen molar-refractivity contribution in [1.82, 2.24) is 14.9 Å². The van der Waals surface area contributed by atoms with Crippen LogP contribution >= 0.6 is 0 Å². The van der Waals surface area contributed by atoms with Gasteiger partial charge in [-0.15, -0.1) is 0 Å². The fourth-order valence-corrected chi connectivity index (χ4v) is 0.770. The van der Waals surface area contributed by atoms with Gasteiger partial charge in [0, 0.05) is 0 Å². The lowest BCUT2D eigenvalue weighted by Crippen LogP contribution is -2.34. The Hall–Kier alpha value is -1.43. The van der Waals surface area contributed by atoms with Crippen LogP contribution in [-0.4, -0.2) is 16.6 Å². The SMILES string of the molecule is CNCn1cc(F)c(=O)[nH]c1=O. The van der Waals surface area contributed by atoms with Crippen LogP contribution in [0, 0.1) is 5.82 Å². The Balaban J connectivity index is 3.24. The summed E-state index contributed by atoms with van der Waals surface area (Å²) < 4.78 is 13.6. The van der Waals surface area contributed by atoms with E-state index >= 15 is 0 Å². The van der Waals surface area contributed by atoms with E-state index < -0.39 is 17.1 Å². The molecule has 0 aromatic carbocycles. The molecule has 1 aromatic rings. The van der Waals surface area contributed by atoms with Crippen LogP contribution in [-0.2, 0) is 6.67 Å². The van der Waals surface area contributed by atoms with Gasteiger partial charge in [-0.05, 0) is 7.05 Å². The summed E-state index contributed by atoms with van der Waals surface area (Å²) in [4.78, 5) is 23.2. The minimum atomic E-state index is -0.993. The van der Waals surface area contributed by atoms with Gasteiger partial charge in [-0.2, -0.15) is 4.39 Å². The van der Waals surface area contributed by atoms with E-state index in [0.29, 0.717) is 0 Å².